The first kappa shape index (κ1) is 13.4. The molecule has 0 saturated heterocycles. The van der Waals surface area contributed by atoms with Crippen molar-refractivity contribution in [3.8, 4) is 11.3 Å². The Morgan fingerprint density at radius 1 is 0.950 bits per heavy atom. The van der Waals surface area contributed by atoms with Crippen LogP contribution in [0.2, 0.25) is 10.0 Å². The van der Waals surface area contributed by atoms with E-state index in [1.54, 1.807) is 0 Å². The Bertz CT molecular complexity index is 787. The Labute approximate surface area is 126 Å². The van der Waals surface area contributed by atoms with Gasteiger partial charge in [-0.15, -0.1) is 0 Å². The van der Waals surface area contributed by atoms with Gasteiger partial charge in [0.05, 0.1) is 17.8 Å². The first-order chi connectivity index (χ1) is 9.70. The summed E-state index contributed by atoms with van der Waals surface area (Å²) in [5, 5.41) is 11.7. The molecule has 0 saturated carbocycles. The van der Waals surface area contributed by atoms with Gasteiger partial charge in [-0.1, -0.05) is 47.5 Å². The molecule has 0 radical (unpaired) electrons. The molecule has 0 atom stereocenters. The second-order valence-electron chi connectivity index (χ2n) is 4.44. The third-order valence-electron chi connectivity index (χ3n) is 3.18. The van der Waals surface area contributed by atoms with Crippen molar-refractivity contribution in [3.05, 3.63) is 64.1 Å². The lowest BCUT2D eigenvalue weighted by molar-refractivity contribution is 0.282. The van der Waals surface area contributed by atoms with Crippen molar-refractivity contribution in [3.63, 3.8) is 0 Å². The van der Waals surface area contributed by atoms with E-state index < -0.39 is 0 Å². The number of rotatable bonds is 2. The molecular formula is C16H11Cl2NO. The molecule has 0 spiro atoms. The van der Waals surface area contributed by atoms with Crippen LogP contribution >= 0.6 is 23.2 Å². The number of aliphatic hydroxyl groups excluding tert-OH is 1. The van der Waals surface area contributed by atoms with Gasteiger partial charge < -0.3 is 5.11 Å². The minimum absolute atomic E-state index is 0.116. The van der Waals surface area contributed by atoms with Gasteiger partial charge in [0.25, 0.3) is 0 Å². The highest BCUT2D eigenvalue weighted by molar-refractivity contribution is 6.35. The highest BCUT2D eigenvalue weighted by atomic mass is 35.5. The summed E-state index contributed by atoms with van der Waals surface area (Å²) in [4.78, 5) is 4.61. The SMILES string of the molecule is OCc1cc2c(Cl)cccc2nc1-c1ccccc1Cl. The number of fused-ring (bicyclic) bond motifs is 1. The van der Waals surface area contributed by atoms with Gasteiger partial charge in [-0.25, -0.2) is 4.98 Å². The van der Waals surface area contributed by atoms with Gasteiger partial charge in [-0.3, -0.25) is 0 Å². The molecule has 2 nitrogen and oxygen atoms in total. The van der Waals surface area contributed by atoms with Crippen molar-refractivity contribution in [1.29, 1.82) is 0 Å². The molecule has 0 amide bonds. The average Bonchev–Trinajstić information content (AvgIpc) is 2.47. The second kappa shape index (κ2) is 5.41. The number of benzene rings is 2. The molecule has 0 aliphatic heterocycles. The fourth-order valence-corrected chi connectivity index (χ4v) is 2.66. The molecule has 3 aromatic rings. The highest BCUT2D eigenvalue weighted by Gasteiger charge is 2.12. The number of pyridine rings is 1. The normalized spacial score (nSPS) is 10.9. The average molecular weight is 304 g/mol. The van der Waals surface area contributed by atoms with Crippen molar-refractivity contribution in [2.24, 2.45) is 0 Å². The van der Waals surface area contributed by atoms with Crippen LogP contribution in [0.25, 0.3) is 22.2 Å². The van der Waals surface area contributed by atoms with Gasteiger partial charge in [0, 0.05) is 26.6 Å². The van der Waals surface area contributed by atoms with Crippen LogP contribution in [0.3, 0.4) is 0 Å². The molecule has 1 aromatic heterocycles. The van der Waals surface area contributed by atoms with Crippen LogP contribution in [0.5, 0.6) is 0 Å². The zero-order valence-electron chi connectivity index (χ0n) is 10.5. The van der Waals surface area contributed by atoms with E-state index >= 15 is 0 Å². The number of hydrogen-bond acceptors (Lipinski definition) is 2. The molecule has 20 heavy (non-hydrogen) atoms. The van der Waals surface area contributed by atoms with Crippen LogP contribution in [-0.2, 0) is 6.61 Å². The summed E-state index contributed by atoms with van der Waals surface area (Å²) in [6, 6.07) is 14.9. The molecule has 1 N–H and O–H groups in total. The van der Waals surface area contributed by atoms with Gasteiger partial charge in [0.15, 0.2) is 0 Å². The van der Waals surface area contributed by atoms with Gasteiger partial charge in [-0.2, -0.15) is 0 Å². The van der Waals surface area contributed by atoms with Crippen LogP contribution in [0.15, 0.2) is 48.5 Å². The molecule has 0 aliphatic rings. The quantitative estimate of drug-likeness (QED) is 0.744. The fourth-order valence-electron chi connectivity index (χ4n) is 2.21. The van der Waals surface area contributed by atoms with E-state index in [0.29, 0.717) is 21.3 Å². The fraction of sp³-hybridized carbons (Fsp3) is 0.0625. The lowest BCUT2D eigenvalue weighted by atomic mass is 10.0. The van der Waals surface area contributed by atoms with E-state index in [1.807, 2.05) is 48.5 Å². The standard InChI is InChI=1S/C16H11Cl2NO/c17-13-5-2-1-4-11(13)16-10(9-20)8-12-14(18)6-3-7-15(12)19-16/h1-8,20H,9H2. The second-order valence-corrected chi connectivity index (χ2v) is 5.25. The lowest BCUT2D eigenvalue weighted by Gasteiger charge is -2.11. The Balaban J connectivity index is 2.33. The lowest BCUT2D eigenvalue weighted by Crippen LogP contribution is -1.95. The summed E-state index contributed by atoms with van der Waals surface area (Å²) in [6.07, 6.45) is 0. The number of nitrogens with zero attached hydrogens (tertiary/aromatic N) is 1. The number of aromatic nitrogens is 1. The third kappa shape index (κ3) is 2.27. The summed E-state index contributed by atoms with van der Waals surface area (Å²) in [7, 11) is 0. The van der Waals surface area contributed by atoms with Gasteiger partial charge >= 0.3 is 0 Å². The molecule has 3 rings (SSSR count). The maximum Gasteiger partial charge on any atom is 0.0779 e. The molecule has 2 aromatic carbocycles. The minimum Gasteiger partial charge on any atom is -0.392 e. The van der Waals surface area contributed by atoms with Gasteiger partial charge in [-0.05, 0) is 24.3 Å². The first-order valence-electron chi connectivity index (χ1n) is 6.14. The molecular weight excluding hydrogens is 293 g/mol. The summed E-state index contributed by atoms with van der Waals surface area (Å²) < 4.78 is 0. The van der Waals surface area contributed by atoms with Crippen LogP contribution in [-0.4, -0.2) is 10.1 Å². The molecule has 0 bridgehead atoms. The topological polar surface area (TPSA) is 33.1 Å². The number of aliphatic hydroxyl groups is 1. The van der Waals surface area contributed by atoms with E-state index in [1.165, 1.54) is 0 Å². The summed E-state index contributed by atoms with van der Waals surface area (Å²) in [5.41, 5.74) is 2.98. The smallest absolute Gasteiger partial charge is 0.0779 e. The minimum atomic E-state index is -0.116. The molecule has 100 valence electrons. The summed E-state index contributed by atoms with van der Waals surface area (Å²) in [5.74, 6) is 0. The van der Waals surface area contributed by atoms with E-state index in [4.69, 9.17) is 23.2 Å². The van der Waals surface area contributed by atoms with Crippen molar-refractivity contribution in [2.45, 2.75) is 6.61 Å². The maximum atomic E-state index is 9.59. The zero-order valence-corrected chi connectivity index (χ0v) is 12.0. The number of halogens is 2. The van der Waals surface area contributed by atoms with Crippen LogP contribution in [0.1, 0.15) is 5.56 Å². The largest absolute Gasteiger partial charge is 0.392 e. The van der Waals surface area contributed by atoms with Crippen molar-refractivity contribution in [1.82, 2.24) is 4.98 Å². The Hall–Kier alpha value is -1.61. The third-order valence-corrected chi connectivity index (χ3v) is 3.84. The predicted molar refractivity (Wildman–Crippen MR) is 83.1 cm³/mol. The molecule has 0 unspecified atom stereocenters. The molecule has 0 fully saturated rings. The van der Waals surface area contributed by atoms with Gasteiger partial charge in [0.1, 0.15) is 0 Å². The summed E-state index contributed by atoms with van der Waals surface area (Å²) >= 11 is 12.4. The van der Waals surface area contributed by atoms with E-state index in [0.717, 1.165) is 16.5 Å². The van der Waals surface area contributed by atoms with Crippen LogP contribution in [0.4, 0.5) is 0 Å². The van der Waals surface area contributed by atoms with Crippen molar-refractivity contribution in [2.75, 3.05) is 0 Å². The maximum absolute atomic E-state index is 9.59. The zero-order chi connectivity index (χ0) is 14.1. The highest BCUT2D eigenvalue weighted by Crippen LogP contribution is 2.32. The first-order valence-corrected chi connectivity index (χ1v) is 6.90. The van der Waals surface area contributed by atoms with Crippen molar-refractivity contribution >= 4 is 34.1 Å². The monoisotopic (exact) mass is 303 g/mol. The van der Waals surface area contributed by atoms with E-state index in [-0.39, 0.29) is 6.61 Å². The molecule has 1 heterocycles. The molecule has 0 aliphatic carbocycles. The Morgan fingerprint density at radius 2 is 1.70 bits per heavy atom. The molecule has 4 heteroatoms. The van der Waals surface area contributed by atoms with Crippen LogP contribution in [0, 0.1) is 0 Å². The van der Waals surface area contributed by atoms with Gasteiger partial charge in [0.2, 0.25) is 0 Å². The van der Waals surface area contributed by atoms with E-state index in [9.17, 15) is 5.11 Å². The van der Waals surface area contributed by atoms with Crippen LogP contribution < -0.4 is 0 Å². The van der Waals surface area contributed by atoms with E-state index in [2.05, 4.69) is 4.98 Å². The summed E-state index contributed by atoms with van der Waals surface area (Å²) in [6.45, 7) is -0.116. The Morgan fingerprint density at radius 3 is 2.45 bits per heavy atom. The predicted octanol–water partition coefficient (Wildman–Crippen LogP) is 4.70. The Kier molecular flexibility index (Phi) is 3.62. The number of hydrogen-bond donors (Lipinski definition) is 1. The van der Waals surface area contributed by atoms with Crippen molar-refractivity contribution < 1.29 is 5.11 Å².